The molecule has 0 aliphatic carbocycles. The number of sulfonamides is 1. The van der Waals surface area contributed by atoms with Crippen LogP contribution in [0.3, 0.4) is 0 Å². The van der Waals surface area contributed by atoms with Crippen LogP contribution in [0.25, 0.3) is 0 Å². The van der Waals surface area contributed by atoms with Gasteiger partial charge in [-0.05, 0) is 48.7 Å². The molecular weight excluding hydrogens is 362 g/mol. The van der Waals surface area contributed by atoms with E-state index >= 15 is 0 Å². The Morgan fingerprint density at radius 3 is 2.38 bits per heavy atom. The van der Waals surface area contributed by atoms with Gasteiger partial charge >= 0.3 is 11.9 Å². The average Bonchev–Trinajstić information content (AvgIpc) is 3.00. The monoisotopic (exact) mass is 377 g/mol. The zero-order valence-electron chi connectivity index (χ0n) is 13.6. The van der Waals surface area contributed by atoms with Crippen LogP contribution in [0.5, 0.6) is 5.75 Å². The first kappa shape index (κ1) is 17.7. The van der Waals surface area contributed by atoms with E-state index in [4.69, 9.17) is 10.2 Å². The first-order valence-corrected chi connectivity index (χ1v) is 9.03. The molecule has 0 spiro atoms. The van der Waals surface area contributed by atoms with Crippen molar-refractivity contribution < 1.29 is 33.3 Å². The van der Waals surface area contributed by atoms with Crippen LogP contribution < -0.4 is 4.31 Å². The van der Waals surface area contributed by atoms with Gasteiger partial charge in [-0.2, -0.15) is 0 Å². The van der Waals surface area contributed by atoms with Crippen molar-refractivity contribution in [3.63, 3.8) is 0 Å². The number of aryl methyl sites for hydroxylation is 1. The van der Waals surface area contributed by atoms with Crippen LogP contribution in [-0.2, 0) is 16.4 Å². The number of carboxylic acid groups (broad SMARTS) is 2. The number of phenols is 1. The van der Waals surface area contributed by atoms with Crippen LogP contribution in [0.2, 0.25) is 0 Å². The SMILES string of the molecule is Cc1cc(C(=O)O)c(O)c(S(=O)(=O)N2CCc3ccc(C(=O)O)cc32)c1. The minimum absolute atomic E-state index is 0.0643. The lowest BCUT2D eigenvalue weighted by molar-refractivity contribution is 0.0683. The van der Waals surface area contributed by atoms with Crippen molar-refractivity contribution in [1.82, 2.24) is 0 Å². The van der Waals surface area contributed by atoms with Gasteiger partial charge in [-0.15, -0.1) is 0 Å². The summed E-state index contributed by atoms with van der Waals surface area (Å²) in [5.74, 6) is -3.48. The molecule has 26 heavy (non-hydrogen) atoms. The predicted octanol–water partition coefficient (Wildman–Crippen LogP) is 1.85. The molecule has 0 fully saturated rings. The van der Waals surface area contributed by atoms with E-state index in [2.05, 4.69) is 0 Å². The van der Waals surface area contributed by atoms with Gasteiger partial charge in [-0.1, -0.05) is 6.07 Å². The molecule has 136 valence electrons. The molecule has 0 amide bonds. The van der Waals surface area contributed by atoms with Gasteiger partial charge in [-0.3, -0.25) is 4.31 Å². The van der Waals surface area contributed by atoms with Crippen molar-refractivity contribution >= 4 is 27.6 Å². The minimum atomic E-state index is -4.28. The van der Waals surface area contributed by atoms with E-state index in [9.17, 15) is 23.1 Å². The van der Waals surface area contributed by atoms with Gasteiger partial charge in [0.2, 0.25) is 0 Å². The molecule has 8 nitrogen and oxygen atoms in total. The number of hydrogen-bond acceptors (Lipinski definition) is 5. The normalized spacial score (nSPS) is 13.5. The van der Waals surface area contributed by atoms with Gasteiger partial charge in [0.25, 0.3) is 10.0 Å². The molecule has 0 bridgehead atoms. The van der Waals surface area contributed by atoms with Crippen LogP contribution >= 0.6 is 0 Å². The summed E-state index contributed by atoms with van der Waals surface area (Å²) in [6.45, 7) is 1.59. The largest absolute Gasteiger partial charge is 0.506 e. The molecule has 0 aromatic heterocycles. The number of carboxylic acids is 2. The fraction of sp³-hybridized carbons (Fsp3) is 0.176. The average molecular weight is 377 g/mol. The molecule has 0 saturated carbocycles. The summed E-state index contributed by atoms with van der Waals surface area (Å²) in [4.78, 5) is 21.9. The van der Waals surface area contributed by atoms with Crippen LogP contribution in [0, 0.1) is 6.92 Å². The number of benzene rings is 2. The molecule has 0 atom stereocenters. The van der Waals surface area contributed by atoms with Crippen molar-refractivity contribution in [2.24, 2.45) is 0 Å². The molecule has 0 unspecified atom stereocenters. The maximum Gasteiger partial charge on any atom is 0.339 e. The number of anilines is 1. The van der Waals surface area contributed by atoms with Crippen molar-refractivity contribution in [1.29, 1.82) is 0 Å². The number of aromatic carboxylic acids is 2. The van der Waals surface area contributed by atoms with Gasteiger partial charge in [0.05, 0.1) is 11.3 Å². The van der Waals surface area contributed by atoms with Gasteiger partial charge in [-0.25, -0.2) is 18.0 Å². The summed E-state index contributed by atoms with van der Waals surface area (Å²) in [5, 5.41) is 28.5. The Balaban J connectivity index is 2.17. The third-order valence-corrected chi connectivity index (χ3v) is 6.03. The predicted molar refractivity (Wildman–Crippen MR) is 91.4 cm³/mol. The Labute approximate surface area is 149 Å². The molecule has 0 radical (unpaired) electrons. The fourth-order valence-electron chi connectivity index (χ4n) is 2.96. The van der Waals surface area contributed by atoms with Crippen LogP contribution in [0.15, 0.2) is 35.2 Å². The molecular formula is C17H15NO7S. The molecule has 2 aromatic rings. The number of fused-ring (bicyclic) bond motifs is 1. The maximum absolute atomic E-state index is 13.1. The van der Waals surface area contributed by atoms with Crippen molar-refractivity contribution in [3.8, 4) is 5.75 Å². The molecule has 1 heterocycles. The topological polar surface area (TPSA) is 132 Å². The lowest BCUT2D eigenvalue weighted by Crippen LogP contribution is -2.29. The van der Waals surface area contributed by atoms with Crippen molar-refractivity contribution in [3.05, 3.63) is 52.6 Å². The van der Waals surface area contributed by atoms with E-state index in [1.54, 1.807) is 6.07 Å². The summed E-state index contributed by atoms with van der Waals surface area (Å²) >= 11 is 0. The second-order valence-corrected chi connectivity index (χ2v) is 7.77. The summed E-state index contributed by atoms with van der Waals surface area (Å²) in [6.07, 6.45) is 0.382. The molecule has 3 N–H and O–H groups in total. The highest BCUT2D eigenvalue weighted by Crippen LogP contribution is 2.37. The molecule has 1 aliphatic rings. The van der Waals surface area contributed by atoms with Crippen molar-refractivity contribution in [2.75, 3.05) is 10.8 Å². The quantitative estimate of drug-likeness (QED) is 0.740. The van der Waals surface area contributed by atoms with E-state index in [-0.39, 0.29) is 17.8 Å². The molecule has 2 aromatic carbocycles. The van der Waals surface area contributed by atoms with E-state index in [1.807, 2.05) is 0 Å². The molecule has 1 aliphatic heterocycles. The Bertz CT molecular complexity index is 1040. The van der Waals surface area contributed by atoms with Crippen LogP contribution in [0.4, 0.5) is 5.69 Å². The first-order chi connectivity index (χ1) is 12.1. The third-order valence-electron chi connectivity index (χ3n) is 4.20. The Morgan fingerprint density at radius 1 is 1.08 bits per heavy atom. The Kier molecular flexibility index (Phi) is 4.11. The summed E-state index contributed by atoms with van der Waals surface area (Å²) in [5.41, 5.74) is 0.650. The standard InChI is InChI=1S/C17H15NO7S/c1-9-6-12(17(22)23)15(19)14(7-9)26(24,25)18-5-4-10-2-3-11(16(20)21)8-13(10)18/h2-3,6-8,19H,4-5H2,1H3,(H,20,21)(H,22,23). The van der Waals surface area contributed by atoms with Gasteiger partial charge in [0.1, 0.15) is 10.5 Å². The van der Waals surface area contributed by atoms with E-state index in [0.717, 1.165) is 4.31 Å². The number of rotatable bonds is 4. The second kappa shape index (κ2) is 6.03. The number of aromatic hydroxyl groups is 1. The van der Waals surface area contributed by atoms with Gasteiger partial charge in [0.15, 0.2) is 5.75 Å². The van der Waals surface area contributed by atoms with Gasteiger partial charge < -0.3 is 15.3 Å². The fourth-order valence-corrected chi connectivity index (χ4v) is 4.64. The minimum Gasteiger partial charge on any atom is -0.506 e. The third kappa shape index (κ3) is 2.76. The number of carbonyl (C=O) groups is 2. The smallest absolute Gasteiger partial charge is 0.339 e. The second-order valence-electron chi connectivity index (χ2n) is 5.94. The highest BCUT2D eigenvalue weighted by atomic mass is 32.2. The van der Waals surface area contributed by atoms with E-state index < -0.39 is 38.2 Å². The van der Waals surface area contributed by atoms with Crippen molar-refractivity contribution in [2.45, 2.75) is 18.2 Å². The molecule has 9 heteroatoms. The molecule has 0 saturated heterocycles. The lowest BCUT2D eigenvalue weighted by Gasteiger charge is -2.21. The summed E-state index contributed by atoms with van der Waals surface area (Å²) in [7, 11) is -4.28. The van der Waals surface area contributed by atoms with E-state index in [0.29, 0.717) is 17.5 Å². The molecule has 3 rings (SSSR count). The zero-order chi connectivity index (χ0) is 19.2. The van der Waals surface area contributed by atoms with Crippen LogP contribution in [0.1, 0.15) is 31.8 Å². The zero-order valence-corrected chi connectivity index (χ0v) is 14.4. The highest BCUT2D eigenvalue weighted by molar-refractivity contribution is 7.93. The van der Waals surface area contributed by atoms with Crippen LogP contribution in [-0.4, -0.2) is 42.2 Å². The number of nitrogens with zero attached hydrogens (tertiary/aromatic N) is 1. The van der Waals surface area contributed by atoms with E-state index in [1.165, 1.54) is 31.2 Å². The summed E-state index contributed by atoms with van der Waals surface area (Å²) < 4.78 is 27.1. The first-order valence-electron chi connectivity index (χ1n) is 7.59. The highest BCUT2D eigenvalue weighted by Gasteiger charge is 2.34. The van der Waals surface area contributed by atoms with Gasteiger partial charge in [0, 0.05) is 6.54 Å². The summed E-state index contributed by atoms with van der Waals surface area (Å²) in [6, 6.07) is 6.57. The maximum atomic E-state index is 13.1. The number of hydrogen-bond donors (Lipinski definition) is 3. The Hall–Kier alpha value is -3.07. The lowest BCUT2D eigenvalue weighted by atomic mass is 10.1. The Morgan fingerprint density at radius 2 is 1.77 bits per heavy atom.